The third-order valence-corrected chi connectivity index (χ3v) is 5.07. The third-order valence-electron chi connectivity index (χ3n) is 5.07. The molecule has 171 valence electrons. The number of nitrogens with zero attached hydrogens (tertiary/aromatic N) is 2. The molecule has 0 amide bonds. The number of aryl methyl sites for hydroxylation is 3. The van der Waals surface area contributed by atoms with Crippen molar-refractivity contribution in [3.05, 3.63) is 132 Å². The van der Waals surface area contributed by atoms with Gasteiger partial charge in [0.2, 0.25) is 0 Å². The first kappa shape index (κ1) is 18.0. The fraction of sp³-hybridized carbons (Fsp3) is 0.0968. The molecule has 34 heavy (non-hydrogen) atoms. The van der Waals surface area contributed by atoms with Crippen molar-refractivity contribution in [1.82, 2.24) is 9.97 Å². The predicted molar refractivity (Wildman–Crippen MR) is 137 cm³/mol. The molecular formula is C31H26IrN2-2. The van der Waals surface area contributed by atoms with E-state index in [1.807, 2.05) is 84.9 Å². The number of aromatic nitrogens is 2. The van der Waals surface area contributed by atoms with E-state index in [2.05, 4.69) is 22.1 Å². The molecule has 0 saturated heterocycles. The average molecular weight is 625 g/mol. The second kappa shape index (κ2) is 12.2. The molecule has 0 saturated carbocycles. The van der Waals surface area contributed by atoms with Crippen molar-refractivity contribution in [2.24, 2.45) is 0 Å². The maximum absolute atomic E-state index is 7.72. The summed E-state index contributed by atoms with van der Waals surface area (Å²) < 4.78 is 45.3. The molecular weight excluding hydrogens is 593 g/mol. The van der Waals surface area contributed by atoms with Crippen molar-refractivity contribution >= 4 is 0 Å². The van der Waals surface area contributed by atoms with Gasteiger partial charge in [-0.25, -0.2) is 0 Å². The Morgan fingerprint density at radius 3 is 1.74 bits per heavy atom. The van der Waals surface area contributed by atoms with E-state index in [0.717, 1.165) is 27.9 Å². The predicted octanol–water partition coefficient (Wildman–Crippen LogP) is 7.69. The average Bonchev–Trinajstić information content (AvgIpc) is 2.93. The van der Waals surface area contributed by atoms with Crippen molar-refractivity contribution in [2.45, 2.75) is 20.6 Å². The van der Waals surface area contributed by atoms with E-state index in [4.69, 9.17) is 8.22 Å². The summed E-state index contributed by atoms with van der Waals surface area (Å²) in [5.74, 6) is 0. The van der Waals surface area contributed by atoms with Crippen LogP contribution in [0.1, 0.15) is 24.9 Å². The van der Waals surface area contributed by atoms with Crippen LogP contribution in [-0.4, -0.2) is 9.97 Å². The van der Waals surface area contributed by atoms with Gasteiger partial charge in [-0.05, 0) is 54.3 Å². The molecule has 2 aromatic heterocycles. The van der Waals surface area contributed by atoms with Crippen LogP contribution in [0.2, 0.25) is 0 Å². The van der Waals surface area contributed by atoms with Crippen LogP contribution in [0.15, 0.2) is 103 Å². The van der Waals surface area contributed by atoms with Crippen LogP contribution in [0.3, 0.4) is 0 Å². The van der Waals surface area contributed by atoms with Crippen molar-refractivity contribution in [1.29, 1.82) is 0 Å². The van der Waals surface area contributed by atoms with E-state index in [1.165, 1.54) is 12.4 Å². The maximum atomic E-state index is 7.72. The first-order chi connectivity index (χ1) is 18.5. The van der Waals surface area contributed by atoms with Crippen LogP contribution in [0.4, 0.5) is 0 Å². The monoisotopic (exact) mass is 625 g/mol. The Hall–Kier alpha value is -3.39. The van der Waals surface area contributed by atoms with Gasteiger partial charge < -0.3 is 9.97 Å². The van der Waals surface area contributed by atoms with E-state index >= 15 is 0 Å². The second-order valence-electron chi connectivity index (χ2n) is 7.42. The molecule has 1 radical (unpaired) electrons. The summed E-state index contributed by atoms with van der Waals surface area (Å²) in [4.78, 5) is 8.50. The summed E-state index contributed by atoms with van der Waals surface area (Å²) in [5.41, 5.74) is 6.02. The molecule has 0 spiro atoms. The zero-order chi connectivity index (χ0) is 28.0. The minimum atomic E-state index is -2.20. The summed E-state index contributed by atoms with van der Waals surface area (Å²) in [6.45, 7) is -2.51. The first-order valence-corrected chi connectivity index (χ1v) is 10.5. The van der Waals surface area contributed by atoms with Crippen molar-refractivity contribution < 1.29 is 28.3 Å². The van der Waals surface area contributed by atoms with E-state index in [0.29, 0.717) is 16.8 Å². The molecule has 0 atom stereocenters. The molecule has 0 aliphatic carbocycles. The van der Waals surface area contributed by atoms with E-state index in [-0.39, 0.29) is 25.7 Å². The van der Waals surface area contributed by atoms with Gasteiger partial charge in [-0.3, -0.25) is 0 Å². The molecule has 0 aliphatic rings. The Labute approximate surface area is 224 Å². The van der Waals surface area contributed by atoms with Gasteiger partial charge in [0.1, 0.15) is 0 Å². The van der Waals surface area contributed by atoms with Crippen molar-refractivity contribution in [2.75, 3.05) is 0 Å². The molecule has 0 bridgehead atoms. The Bertz CT molecular complexity index is 1520. The fourth-order valence-corrected chi connectivity index (χ4v) is 3.27. The maximum Gasteiger partial charge on any atom is 0.0280 e. The molecule has 3 heteroatoms. The molecule has 0 N–H and O–H groups in total. The molecule has 5 rings (SSSR count). The number of hydrogen-bond acceptors (Lipinski definition) is 2. The summed E-state index contributed by atoms with van der Waals surface area (Å²) in [5, 5.41) is 0. The topological polar surface area (TPSA) is 25.8 Å². The Morgan fingerprint density at radius 2 is 1.21 bits per heavy atom. The molecule has 0 fully saturated rings. The minimum Gasteiger partial charge on any atom is -0.304 e. The second-order valence-corrected chi connectivity index (χ2v) is 7.42. The zero-order valence-corrected chi connectivity index (χ0v) is 20.9. The van der Waals surface area contributed by atoms with Crippen molar-refractivity contribution in [3.63, 3.8) is 0 Å². The van der Waals surface area contributed by atoms with E-state index in [1.54, 1.807) is 13.0 Å². The van der Waals surface area contributed by atoms with Gasteiger partial charge in [0.05, 0.1) is 0 Å². The molecule has 2 heterocycles. The van der Waals surface area contributed by atoms with Crippen LogP contribution in [-0.2, 0) is 20.1 Å². The summed E-state index contributed by atoms with van der Waals surface area (Å²) in [7, 11) is 0. The minimum absolute atomic E-state index is 0. The normalized spacial score (nSPS) is 13.3. The molecule has 0 unspecified atom stereocenters. The van der Waals surface area contributed by atoms with Gasteiger partial charge in [0, 0.05) is 40.7 Å². The molecule has 2 nitrogen and oxygen atoms in total. The summed E-state index contributed by atoms with van der Waals surface area (Å²) >= 11 is 0. The van der Waals surface area contributed by atoms with Gasteiger partial charge in [-0.15, -0.1) is 71.8 Å². The van der Waals surface area contributed by atoms with Gasteiger partial charge in [-0.1, -0.05) is 48.0 Å². The number of pyridine rings is 2. The zero-order valence-electron chi connectivity index (χ0n) is 24.5. The van der Waals surface area contributed by atoms with Crippen LogP contribution in [0.25, 0.3) is 33.6 Å². The van der Waals surface area contributed by atoms with E-state index in [9.17, 15) is 0 Å². The Morgan fingerprint density at radius 1 is 0.647 bits per heavy atom. The van der Waals surface area contributed by atoms with Crippen LogP contribution in [0, 0.1) is 32.8 Å². The smallest absolute Gasteiger partial charge is 0.0280 e. The van der Waals surface area contributed by atoms with Crippen LogP contribution in [0.5, 0.6) is 0 Å². The number of rotatable bonds is 3. The third kappa shape index (κ3) is 6.35. The SMILES string of the molecule is [2H]C([2H])([2H])c1cnc(-c2[c-]cccc2)cc1-c1ccccc1.[2H]C([2H])([2H])c1cnc(-c2[c-]cccc2)cc1C.[Ir]. The number of hydrogen-bond donors (Lipinski definition) is 0. The van der Waals surface area contributed by atoms with Crippen molar-refractivity contribution in [3.8, 4) is 33.6 Å². The summed E-state index contributed by atoms with van der Waals surface area (Å²) in [6, 6.07) is 34.3. The quantitative estimate of drug-likeness (QED) is 0.193. The number of benzene rings is 3. The largest absolute Gasteiger partial charge is 0.304 e. The molecule has 5 aromatic rings. The molecule has 3 aromatic carbocycles. The first-order valence-electron chi connectivity index (χ1n) is 13.5. The van der Waals surface area contributed by atoms with E-state index < -0.39 is 13.7 Å². The van der Waals surface area contributed by atoms with Gasteiger partial charge in [0.15, 0.2) is 0 Å². The van der Waals surface area contributed by atoms with Gasteiger partial charge >= 0.3 is 0 Å². The fourth-order valence-electron chi connectivity index (χ4n) is 3.27. The Balaban J connectivity index is 0.000000222. The van der Waals surface area contributed by atoms with Crippen LogP contribution >= 0.6 is 0 Å². The van der Waals surface area contributed by atoms with Gasteiger partial charge in [-0.2, -0.15) is 0 Å². The standard InChI is InChI=1S/C18H14N.C13H12N.Ir/c1-14-13-19-18(16-10-6-3-7-11-16)12-17(14)15-8-4-2-5-9-15;1-10-8-13(14-9-11(10)2)12-6-4-3-5-7-12;/h2-10,12-13H,1H3;3-6,8-9H,1-2H3;/q2*-1;/i1D3;2D3;. The Kier molecular flexibility index (Phi) is 6.45. The molecule has 0 aliphatic heterocycles. The van der Waals surface area contributed by atoms with Crippen LogP contribution < -0.4 is 0 Å². The van der Waals surface area contributed by atoms with Gasteiger partial charge in [0.25, 0.3) is 0 Å². The summed E-state index contributed by atoms with van der Waals surface area (Å²) in [6.07, 6.45) is 2.88.